The molecule has 0 aliphatic carbocycles. The third kappa shape index (κ3) is 2.88. The Bertz CT molecular complexity index is 758. The molecule has 0 amide bonds. The molecule has 2 aromatic heterocycles. The lowest BCUT2D eigenvalue weighted by molar-refractivity contribution is 0.174. The number of fused-ring (bicyclic) bond motifs is 1. The fourth-order valence-corrected chi connectivity index (χ4v) is 3.81. The Morgan fingerprint density at radius 1 is 1.25 bits per heavy atom. The number of aliphatic hydroxyl groups excluding tert-OH is 1. The second kappa shape index (κ2) is 5.82. The number of para-hydroxylation sites is 1. The first kappa shape index (κ1) is 14.0. The predicted molar refractivity (Wildman–Crippen MR) is 87.4 cm³/mol. The van der Waals surface area contributed by atoms with Crippen LogP contribution >= 0.6 is 38.9 Å². The summed E-state index contributed by atoms with van der Waals surface area (Å²) in [5.41, 5.74) is 1.54. The molecule has 0 spiro atoms. The van der Waals surface area contributed by atoms with Crippen molar-refractivity contribution in [3.05, 3.63) is 61.8 Å². The average molecular weight is 369 g/mol. The number of nitrogens with zero attached hydrogens (tertiary/aromatic N) is 1. The molecule has 3 aromatic rings. The van der Waals surface area contributed by atoms with Crippen molar-refractivity contribution in [1.29, 1.82) is 0 Å². The maximum atomic E-state index is 10.4. The molecule has 0 aliphatic heterocycles. The predicted octanol–water partition coefficient (Wildman–Crippen LogP) is 4.99. The summed E-state index contributed by atoms with van der Waals surface area (Å²) in [6, 6.07) is 13.6. The molecule has 0 aliphatic rings. The van der Waals surface area contributed by atoms with Crippen molar-refractivity contribution in [2.24, 2.45) is 0 Å². The van der Waals surface area contributed by atoms with Gasteiger partial charge in [0.1, 0.15) is 6.10 Å². The summed E-state index contributed by atoms with van der Waals surface area (Å²) in [5, 5.41) is 11.4. The lowest BCUT2D eigenvalue weighted by atomic mass is 10.1. The van der Waals surface area contributed by atoms with E-state index >= 15 is 0 Å². The molecule has 2 nitrogen and oxygen atoms in total. The van der Waals surface area contributed by atoms with E-state index in [1.807, 2.05) is 42.5 Å². The topological polar surface area (TPSA) is 33.1 Å². The highest BCUT2D eigenvalue weighted by Gasteiger charge is 2.16. The highest BCUT2D eigenvalue weighted by molar-refractivity contribution is 9.10. The first-order valence-electron chi connectivity index (χ1n) is 6.11. The zero-order valence-electron chi connectivity index (χ0n) is 10.4. The molecule has 1 atom stereocenters. The van der Waals surface area contributed by atoms with Gasteiger partial charge in [0.15, 0.2) is 0 Å². The summed E-state index contributed by atoms with van der Waals surface area (Å²) in [7, 11) is 0. The second-order valence-corrected chi connectivity index (χ2v) is 7.13. The van der Waals surface area contributed by atoms with E-state index in [4.69, 9.17) is 11.6 Å². The summed E-state index contributed by atoms with van der Waals surface area (Å²) in [4.78, 5) is 5.60. The highest BCUT2D eigenvalue weighted by atomic mass is 79.9. The SMILES string of the molecule is OC(Cc1ccc(Cl)s1)c1nc2ccccc2cc1Br. The average Bonchev–Trinajstić information content (AvgIpc) is 2.83. The molecule has 0 radical (unpaired) electrons. The minimum atomic E-state index is -0.649. The Hall–Kier alpha value is -0.940. The minimum absolute atomic E-state index is 0.515. The number of thiophene rings is 1. The van der Waals surface area contributed by atoms with E-state index in [2.05, 4.69) is 20.9 Å². The van der Waals surface area contributed by atoms with Crippen molar-refractivity contribution >= 4 is 49.8 Å². The van der Waals surface area contributed by atoms with Crippen LogP contribution in [0, 0.1) is 0 Å². The van der Waals surface area contributed by atoms with Crippen molar-refractivity contribution in [2.75, 3.05) is 0 Å². The third-order valence-corrected chi connectivity index (χ3v) is 4.93. The quantitative estimate of drug-likeness (QED) is 0.706. The zero-order valence-corrected chi connectivity index (χ0v) is 13.5. The van der Waals surface area contributed by atoms with E-state index < -0.39 is 6.10 Å². The molecule has 20 heavy (non-hydrogen) atoms. The number of aromatic nitrogens is 1. The Morgan fingerprint density at radius 3 is 2.80 bits per heavy atom. The fraction of sp³-hybridized carbons (Fsp3) is 0.133. The van der Waals surface area contributed by atoms with Gasteiger partial charge in [-0.2, -0.15) is 0 Å². The summed E-state index contributed by atoms with van der Waals surface area (Å²) < 4.78 is 1.56. The summed E-state index contributed by atoms with van der Waals surface area (Å²) in [5.74, 6) is 0. The number of pyridine rings is 1. The van der Waals surface area contributed by atoms with Gasteiger partial charge < -0.3 is 5.11 Å². The van der Waals surface area contributed by atoms with Crippen LogP contribution in [0.1, 0.15) is 16.7 Å². The van der Waals surface area contributed by atoms with Crippen LogP contribution in [0.2, 0.25) is 4.34 Å². The van der Waals surface area contributed by atoms with Crippen LogP contribution in [-0.2, 0) is 6.42 Å². The molecule has 1 aromatic carbocycles. The number of hydrogen-bond acceptors (Lipinski definition) is 3. The largest absolute Gasteiger partial charge is 0.386 e. The molecule has 0 saturated heterocycles. The molecule has 0 fully saturated rings. The first-order valence-corrected chi connectivity index (χ1v) is 8.09. The van der Waals surface area contributed by atoms with E-state index in [9.17, 15) is 5.11 Å². The van der Waals surface area contributed by atoms with Crippen LogP contribution in [0.4, 0.5) is 0 Å². The standard InChI is InChI=1S/C15H11BrClNOS/c16-11-7-9-3-1-2-4-12(9)18-15(11)13(19)8-10-5-6-14(17)20-10/h1-7,13,19H,8H2. The lowest BCUT2D eigenvalue weighted by Gasteiger charge is -2.12. The van der Waals surface area contributed by atoms with Gasteiger partial charge in [0.2, 0.25) is 0 Å². The van der Waals surface area contributed by atoms with Crippen LogP contribution in [0.25, 0.3) is 10.9 Å². The van der Waals surface area contributed by atoms with Crippen LogP contribution < -0.4 is 0 Å². The van der Waals surface area contributed by atoms with Crippen LogP contribution in [0.3, 0.4) is 0 Å². The Kier molecular flexibility index (Phi) is 4.08. The molecule has 102 valence electrons. The number of aliphatic hydroxyl groups is 1. The third-order valence-electron chi connectivity index (χ3n) is 3.04. The van der Waals surface area contributed by atoms with E-state index in [0.29, 0.717) is 12.1 Å². The first-order chi connectivity index (χ1) is 9.63. The summed E-state index contributed by atoms with van der Waals surface area (Å²) in [6.07, 6.45) is -0.134. The number of hydrogen-bond donors (Lipinski definition) is 1. The minimum Gasteiger partial charge on any atom is -0.386 e. The smallest absolute Gasteiger partial charge is 0.102 e. The molecule has 1 unspecified atom stereocenters. The Morgan fingerprint density at radius 2 is 2.05 bits per heavy atom. The van der Waals surface area contributed by atoms with Crippen LogP contribution in [-0.4, -0.2) is 10.1 Å². The molecular formula is C15H11BrClNOS. The Balaban J connectivity index is 1.94. The van der Waals surface area contributed by atoms with Crippen molar-refractivity contribution in [3.8, 4) is 0 Å². The van der Waals surface area contributed by atoms with Gasteiger partial charge in [-0.3, -0.25) is 0 Å². The van der Waals surface area contributed by atoms with Crippen LogP contribution in [0.15, 0.2) is 46.9 Å². The molecule has 3 rings (SSSR count). The van der Waals surface area contributed by atoms with Crippen molar-refractivity contribution in [1.82, 2.24) is 4.98 Å². The normalized spacial score (nSPS) is 12.8. The monoisotopic (exact) mass is 367 g/mol. The van der Waals surface area contributed by atoms with Gasteiger partial charge in [0, 0.05) is 21.2 Å². The summed E-state index contributed by atoms with van der Waals surface area (Å²) in [6.45, 7) is 0. The van der Waals surface area contributed by atoms with Gasteiger partial charge in [-0.05, 0) is 40.2 Å². The zero-order chi connectivity index (χ0) is 14.1. The highest BCUT2D eigenvalue weighted by Crippen LogP contribution is 2.30. The fourth-order valence-electron chi connectivity index (χ4n) is 2.09. The van der Waals surface area contributed by atoms with Gasteiger partial charge in [0.25, 0.3) is 0 Å². The van der Waals surface area contributed by atoms with Crippen molar-refractivity contribution < 1.29 is 5.11 Å². The van der Waals surface area contributed by atoms with Crippen LogP contribution in [0.5, 0.6) is 0 Å². The Labute approximate surface area is 134 Å². The van der Waals surface area contributed by atoms with Gasteiger partial charge in [-0.1, -0.05) is 29.8 Å². The lowest BCUT2D eigenvalue weighted by Crippen LogP contribution is -2.04. The molecule has 0 bridgehead atoms. The van der Waals surface area contributed by atoms with E-state index in [1.165, 1.54) is 11.3 Å². The maximum Gasteiger partial charge on any atom is 0.102 e. The van der Waals surface area contributed by atoms with Crippen molar-refractivity contribution in [2.45, 2.75) is 12.5 Å². The number of rotatable bonds is 3. The van der Waals surface area contributed by atoms with E-state index in [-0.39, 0.29) is 0 Å². The number of benzene rings is 1. The molecule has 1 N–H and O–H groups in total. The molecule has 2 heterocycles. The molecular weight excluding hydrogens is 358 g/mol. The molecule has 5 heteroatoms. The maximum absolute atomic E-state index is 10.4. The van der Waals surface area contributed by atoms with Gasteiger partial charge >= 0.3 is 0 Å². The molecule has 0 saturated carbocycles. The van der Waals surface area contributed by atoms with Gasteiger partial charge in [-0.15, -0.1) is 11.3 Å². The second-order valence-electron chi connectivity index (χ2n) is 4.47. The number of halogens is 2. The summed E-state index contributed by atoms with van der Waals surface area (Å²) >= 11 is 10.9. The van der Waals surface area contributed by atoms with E-state index in [1.54, 1.807) is 0 Å². The van der Waals surface area contributed by atoms with E-state index in [0.717, 1.165) is 24.6 Å². The van der Waals surface area contributed by atoms with Gasteiger partial charge in [-0.25, -0.2) is 4.98 Å². The van der Waals surface area contributed by atoms with Crippen molar-refractivity contribution in [3.63, 3.8) is 0 Å². The van der Waals surface area contributed by atoms with Gasteiger partial charge in [0.05, 0.1) is 15.5 Å².